The van der Waals surface area contributed by atoms with E-state index in [2.05, 4.69) is 17.2 Å². The highest BCUT2D eigenvalue weighted by molar-refractivity contribution is 5.98. The van der Waals surface area contributed by atoms with Crippen molar-refractivity contribution in [3.63, 3.8) is 0 Å². The summed E-state index contributed by atoms with van der Waals surface area (Å²) < 4.78 is 0. The van der Waals surface area contributed by atoms with Crippen LogP contribution >= 0.6 is 0 Å². The van der Waals surface area contributed by atoms with Crippen molar-refractivity contribution in [2.75, 3.05) is 6.54 Å². The SMILES string of the molecule is CC1C[C@H](C)CC([C@H](O)CC2CC(=O)N(CCC(=O)NC(Cc3c[nH]c4ccccc34)C(=O)O)C(=O)C2)C1=O. The Balaban J connectivity index is 1.28. The summed E-state index contributed by atoms with van der Waals surface area (Å²) in [6.45, 7) is 3.79. The molecule has 1 saturated carbocycles. The highest BCUT2D eigenvalue weighted by Gasteiger charge is 2.39. The highest BCUT2D eigenvalue weighted by Crippen LogP contribution is 2.35. The number of aromatic amines is 1. The van der Waals surface area contributed by atoms with Crippen molar-refractivity contribution in [2.24, 2.45) is 23.7 Å². The van der Waals surface area contributed by atoms with Gasteiger partial charge in [-0.05, 0) is 42.7 Å². The lowest BCUT2D eigenvalue weighted by Crippen LogP contribution is -2.47. The number of nitrogens with one attached hydrogen (secondary N) is 2. The molecule has 39 heavy (non-hydrogen) atoms. The lowest BCUT2D eigenvalue weighted by atomic mass is 9.71. The second-order valence-corrected chi connectivity index (χ2v) is 11.3. The van der Waals surface area contributed by atoms with Gasteiger partial charge in [0.2, 0.25) is 17.7 Å². The summed E-state index contributed by atoms with van der Waals surface area (Å²) in [6.07, 6.45) is 2.41. The van der Waals surface area contributed by atoms with Gasteiger partial charge in [-0.15, -0.1) is 0 Å². The summed E-state index contributed by atoms with van der Waals surface area (Å²) in [6, 6.07) is 6.30. The molecule has 2 heterocycles. The Hall–Kier alpha value is -3.53. The molecule has 10 heteroatoms. The number of aromatic nitrogens is 1. The summed E-state index contributed by atoms with van der Waals surface area (Å²) in [5.74, 6) is -3.17. The number of benzene rings is 1. The molecule has 1 aliphatic heterocycles. The zero-order valence-electron chi connectivity index (χ0n) is 22.4. The fourth-order valence-corrected chi connectivity index (χ4v) is 6.13. The minimum atomic E-state index is -1.18. The van der Waals surface area contributed by atoms with Crippen LogP contribution in [0.1, 0.15) is 57.9 Å². The molecule has 0 radical (unpaired) electrons. The lowest BCUT2D eigenvalue weighted by Gasteiger charge is -2.36. The predicted molar refractivity (Wildman–Crippen MR) is 142 cm³/mol. The fourth-order valence-electron chi connectivity index (χ4n) is 6.13. The number of hydrogen-bond acceptors (Lipinski definition) is 6. The molecule has 3 unspecified atom stereocenters. The number of carbonyl (C=O) groups is 5. The molecule has 5 atom stereocenters. The smallest absolute Gasteiger partial charge is 0.326 e. The average molecular weight is 540 g/mol. The first-order chi connectivity index (χ1) is 18.5. The normalized spacial score (nSPS) is 24.1. The maximum absolute atomic E-state index is 12.7. The van der Waals surface area contributed by atoms with Gasteiger partial charge in [-0.2, -0.15) is 0 Å². The number of ketones is 1. The van der Waals surface area contributed by atoms with E-state index in [0.29, 0.717) is 12.3 Å². The van der Waals surface area contributed by atoms with E-state index in [1.807, 2.05) is 31.2 Å². The van der Waals surface area contributed by atoms with Crippen LogP contribution in [0, 0.1) is 23.7 Å². The van der Waals surface area contributed by atoms with Crippen LogP contribution < -0.4 is 5.32 Å². The summed E-state index contributed by atoms with van der Waals surface area (Å²) in [4.78, 5) is 66.6. The largest absolute Gasteiger partial charge is 0.480 e. The fraction of sp³-hybridized carbons (Fsp3) is 0.552. The first kappa shape index (κ1) is 28.5. The Bertz CT molecular complexity index is 1240. The van der Waals surface area contributed by atoms with E-state index in [9.17, 15) is 34.2 Å². The first-order valence-electron chi connectivity index (χ1n) is 13.7. The number of hydrogen-bond donors (Lipinski definition) is 4. The van der Waals surface area contributed by atoms with Gasteiger partial charge in [0, 0.05) is 61.2 Å². The molecule has 4 N–H and O–H groups in total. The molecule has 1 aromatic carbocycles. The maximum atomic E-state index is 12.7. The van der Waals surface area contributed by atoms with E-state index in [-0.39, 0.29) is 56.3 Å². The van der Waals surface area contributed by atoms with Crippen LogP contribution in [0.5, 0.6) is 0 Å². The minimum Gasteiger partial charge on any atom is -0.480 e. The highest BCUT2D eigenvalue weighted by atomic mass is 16.4. The van der Waals surface area contributed by atoms with Gasteiger partial charge in [0.1, 0.15) is 11.8 Å². The molecule has 0 bridgehead atoms. The number of Topliss-reactive ketones (excluding diaryl/α,β-unsaturated/α-hetero) is 1. The van der Waals surface area contributed by atoms with Gasteiger partial charge in [-0.3, -0.25) is 24.1 Å². The number of carboxylic acid groups (broad SMARTS) is 1. The van der Waals surface area contributed by atoms with Crippen LogP contribution in [0.4, 0.5) is 0 Å². The average Bonchev–Trinajstić information content (AvgIpc) is 3.28. The number of carboxylic acids is 1. The second-order valence-electron chi connectivity index (χ2n) is 11.3. The van der Waals surface area contributed by atoms with Gasteiger partial charge in [-0.1, -0.05) is 32.0 Å². The summed E-state index contributed by atoms with van der Waals surface area (Å²) in [7, 11) is 0. The summed E-state index contributed by atoms with van der Waals surface area (Å²) in [5, 5.41) is 23.8. The molecule has 4 rings (SSSR count). The topological polar surface area (TPSA) is 157 Å². The monoisotopic (exact) mass is 539 g/mol. The summed E-state index contributed by atoms with van der Waals surface area (Å²) in [5.41, 5.74) is 1.62. The third-order valence-electron chi connectivity index (χ3n) is 8.13. The zero-order chi connectivity index (χ0) is 28.3. The number of amides is 3. The number of likely N-dealkylation sites (tertiary alicyclic amines) is 1. The molecule has 2 aromatic rings. The Kier molecular flexibility index (Phi) is 8.84. The summed E-state index contributed by atoms with van der Waals surface area (Å²) >= 11 is 0. The minimum absolute atomic E-state index is 0.0473. The van der Waals surface area contributed by atoms with E-state index >= 15 is 0 Å². The van der Waals surface area contributed by atoms with E-state index in [1.54, 1.807) is 6.20 Å². The molecule has 2 aliphatic rings. The van der Waals surface area contributed by atoms with Gasteiger partial charge in [-0.25, -0.2) is 4.79 Å². The maximum Gasteiger partial charge on any atom is 0.326 e. The van der Waals surface area contributed by atoms with Gasteiger partial charge < -0.3 is 20.5 Å². The Morgan fingerprint density at radius 1 is 1.10 bits per heavy atom. The van der Waals surface area contributed by atoms with Crippen LogP contribution in [-0.2, 0) is 30.4 Å². The standard InChI is InChI=1S/C29H37N3O7/c1-16-9-17(2)28(37)21(10-16)24(33)11-18-12-26(35)32(27(36)13-18)8-7-25(34)31-23(29(38)39)14-19-15-30-22-6-4-3-5-20(19)22/h3-6,15-18,21,23-24,30,33H,7-14H2,1-2H3,(H,31,34)(H,38,39)/t16-,17?,21?,23?,24+/m0/s1. The number of fused-ring (bicyclic) bond motifs is 1. The third-order valence-corrected chi connectivity index (χ3v) is 8.13. The number of imide groups is 1. The molecule has 10 nitrogen and oxygen atoms in total. The number of H-pyrrole nitrogens is 1. The van der Waals surface area contributed by atoms with Crippen molar-refractivity contribution in [3.8, 4) is 0 Å². The van der Waals surface area contributed by atoms with Crippen molar-refractivity contribution < 1.29 is 34.2 Å². The van der Waals surface area contributed by atoms with Crippen LogP contribution in [0.15, 0.2) is 30.5 Å². The van der Waals surface area contributed by atoms with E-state index in [1.165, 1.54) is 0 Å². The van der Waals surface area contributed by atoms with Crippen LogP contribution in [-0.4, -0.2) is 68.3 Å². The molecular formula is C29H37N3O7. The van der Waals surface area contributed by atoms with Crippen molar-refractivity contribution in [1.82, 2.24) is 15.2 Å². The molecule has 1 aromatic heterocycles. The predicted octanol–water partition coefficient (Wildman–Crippen LogP) is 2.44. The van der Waals surface area contributed by atoms with Crippen LogP contribution in [0.2, 0.25) is 0 Å². The molecule has 3 amide bonds. The number of aliphatic carboxylic acids is 1. The van der Waals surface area contributed by atoms with E-state index in [0.717, 1.165) is 27.8 Å². The number of aliphatic hydroxyl groups excluding tert-OH is 1. The second kappa shape index (κ2) is 12.1. The van der Waals surface area contributed by atoms with E-state index < -0.39 is 41.8 Å². The zero-order valence-corrected chi connectivity index (χ0v) is 22.4. The lowest BCUT2D eigenvalue weighted by molar-refractivity contribution is -0.151. The van der Waals surface area contributed by atoms with Crippen LogP contribution in [0.3, 0.4) is 0 Å². The van der Waals surface area contributed by atoms with Crippen molar-refractivity contribution >= 4 is 40.4 Å². The number of piperidine rings is 1. The van der Waals surface area contributed by atoms with E-state index in [4.69, 9.17) is 0 Å². The van der Waals surface area contributed by atoms with Crippen molar-refractivity contribution in [1.29, 1.82) is 0 Å². The van der Waals surface area contributed by atoms with Crippen molar-refractivity contribution in [2.45, 2.75) is 70.9 Å². The van der Waals surface area contributed by atoms with Crippen molar-refractivity contribution in [3.05, 3.63) is 36.0 Å². The van der Waals surface area contributed by atoms with Gasteiger partial charge in [0.05, 0.1) is 6.10 Å². The Labute approximate surface area is 227 Å². The molecule has 0 spiro atoms. The van der Waals surface area contributed by atoms with Gasteiger partial charge in [0.15, 0.2) is 0 Å². The Morgan fingerprint density at radius 3 is 2.49 bits per heavy atom. The number of nitrogens with zero attached hydrogens (tertiary/aromatic N) is 1. The number of aliphatic hydroxyl groups is 1. The van der Waals surface area contributed by atoms with Gasteiger partial charge >= 0.3 is 5.97 Å². The quantitative estimate of drug-likeness (QED) is 0.338. The molecule has 2 fully saturated rings. The molecule has 1 saturated heterocycles. The molecule has 210 valence electrons. The third kappa shape index (κ3) is 6.73. The Morgan fingerprint density at radius 2 is 1.79 bits per heavy atom. The number of carbonyl (C=O) groups excluding carboxylic acids is 4. The molecular weight excluding hydrogens is 502 g/mol. The molecule has 1 aliphatic carbocycles. The number of para-hydroxylation sites is 1. The number of rotatable bonds is 10. The van der Waals surface area contributed by atoms with Crippen LogP contribution in [0.25, 0.3) is 10.9 Å². The first-order valence-corrected chi connectivity index (χ1v) is 13.7. The van der Waals surface area contributed by atoms with Gasteiger partial charge in [0.25, 0.3) is 0 Å².